The van der Waals surface area contributed by atoms with Gasteiger partial charge in [0.25, 0.3) is 0 Å². The lowest BCUT2D eigenvalue weighted by Gasteiger charge is -2.68. The van der Waals surface area contributed by atoms with Crippen LogP contribution in [0.2, 0.25) is 0 Å². The minimum absolute atomic E-state index is 0.00637. The number of fused-ring (bicyclic) bond motifs is 7. The minimum atomic E-state index is -1.76. The zero-order chi connectivity index (χ0) is 86.0. The number of amides is 2. The van der Waals surface area contributed by atoms with E-state index in [1.165, 1.54) is 0 Å². The van der Waals surface area contributed by atoms with E-state index in [1.54, 1.807) is 150 Å². The monoisotopic (exact) mass is 1610 g/mol. The van der Waals surface area contributed by atoms with E-state index in [1.807, 2.05) is 68.4 Å². The van der Waals surface area contributed by atoms with Gasteiger partial charge in [0.2, 0.25) is 0 Å². The fourth-order valence-corrected chi connectivity index (χ4v) is 21.4. The fraction of sp³-hybridized carbons (Fsp3) is 0.711. The van der Waals surface area contributed by atoms with Gasteiger partial charge in [0.1, 0.15) is 35.6 Å². The third kappa shape index (κ3) is 17.5. The van der Waals surface area contributed by atoms with Crippen molar-refractivity contribution < 1.29 is 112 Å². The molecule has 0 radical (unpaired) electrons. The van der Waals surface area contributed by atoms with Gasteiger partial charge in [0.05, 0.1) is 101 Å². The number of rotatable bonds is 21. The smallest absolute Gasteiger partial charge is 0.407 e. The number of benzene rings is 2. The molecule has 8 N–H and O–H groups in total. The van der Waals surface area contributed by atoms with Gasteiger partial charge in [-0.2, -0.15) is 0 Å². The Kier molecular flexibility index (Phi) is 27.5. The second-order valence-electron chi connectivity index (χ2n) is 38.8. The highest BCUT2D eigenvalue weighted by molar-refractivity contribution is 5.90. The number of hydrogen-bond donors (Lipinski definition) is 8. The van der Waals surface area contributed by atoms with E-state index >= 15 is 0 Å². The van der Waals surface area contributed by atoms with Crippen molar-refractivity contribution in [3.8, 4) is 0 Å². The van der Waals surface area contributed by atoms with Crippen LogP contribution in [0.4, 0.5) is 9.59 Å². The maximum Gasteiger partial charge on any atom is 0.407 e. The average molecular weight is 1610 g/mol. The molecule has 0 spiro atoms. The van der Waals surface area contributed by atoms with Crippen LogP contribution in [0.1, 0.15) is 218 Å². The Bertz CT molecular complexity index is 3910. The molecule has 0 bridgehead atoms. The number of esters is 4. The highest BCUT2D eigenvalue weighted by Gasteiger charge is 2.79. The highest BCUT2D eigenvalue weighted by Crippen LogP contribution is 2.74. The first kappa shape index (κ1) is 92.3. The molecule has 115 heavy (non-hydrogen) atoms. The Hall–Kier alpha value is -6.62. The van der Waals surface area contributed by atoms with Gasteiger partial charge < -0.3 is 93.4 Å². The number of aliphatic hydroxyl groups excluding tert-OH is 4. The van der Waals surface area contributed by atoms with Gasteiger partial charge in [-0.1, -0.05) is 118 Å². The van der Waals surface area contributed by atoms with Crippen LogP contribution in [0, 0.1) is 68.0 Å². The second-order valence-corrected chi connectivity index (χ2v) is 38.8. The van der Waals surface area contributed by atoms with Gasteiger partial charge in [0, 0.05) is 78.1 Å². The molecule has 4 saturated carbocycles. The Labute approximate surface area is 680 Å². The maximum absolute atomic E-state index is 14.4. The predicted octanol–water partition coefficient (Wildman–Crippen LogP) is 12.2. The number of hydrogen-bond acceptors (Lipinski definition) is 23. The molecule has 642 valence electrons. The minimum Gasteiger partial charge on any atom is -0.457 e. The van der Waals surface area contributed by atoms with Crippen LogP contribution in [-0.2, 0) is 61.7 Å². The summed E-state index contributed by atoms with van der Waals surface area (Å²) in [7, 11) is 1.66. The molecule has 3 aliphatic heterocycles. The van der Waals surface area contributed by atoms with Crippen LogP contribution in [0.15, 0.2) is 108 Å². The highest BCUT2D eigenvalue weighted by atomic mass is 16.7. The molecule has 3 saturated heterocycles. The van der Waals surface area contributed by atoms with Crippen LogP contribution in [0.25, 0.3) is 0 Å². The zero-order valence-electron chi connectivity index (χ0n) is 72.3. The molecule has 2 unspecified atom stereocenters. The molecule has 2 amide bonds. The van der Waals surface area contributed by atoms with Crippen molar-refractivity contribution in [2.24, 2.45) is 68.0 Å². The topological polar surface area (TPSA) is 349 Å². The van der Waals surface area contributed by atoms with Gasteiger partial charge in [-0.25, -0.2) is 28.8 Å². The largest absolute Gasteiger partial charge is 0.457 e. The lowest BCUT2D eigenvalue weighted by atomic mass is 9.46. The van der Waals surface area contributed by atoms with Crippen molar-refractivity contribution in [2.75, 3.05) is 20.3 Å². The molecule has 26 atom stereocenters. The summed E-state index contributed by atoms with van der Waals surface area (Å²) in [6, 6.07) is 15.3. The summed E-state index contributed by atoms with van der Waals surface area (Å²) in [6.07, 6.45) is -8.41. The van der Waals surface area contributed by atoms with Gasteiger partial charge in [-0.3, -0.25) is 0 Å². The van der Waals surface area contributed by atoms with Gasteiger partial charge in [-0.15, -0.1) is 6.58 Å². The third-order valence-electron chi connectivity index (χ3n) is 26.9. The summed E-state index contributed by atoms with van der Waals surface area (Å²) in [5.74, 6) is -5.35. The average Bonchev–Trinajstić information content (AvgIpc) is 1.53. The second kappa shape index (κ2) is 34.2. The molecule has 0 aromatic heterocycles. The van der Waals surface area contributed by atoms with E-state index in [-0.39, 0.29) is 80.9 Å². The molecular weight excluding hydrogens is 1480 g/mol. The SMILES string of the molecule is C=CC(C)OC.C=CC1O[C@H]2C[C@H]3OC[C@@]3(C)[C@H]3[C@H](OC(=O)c4ccccc4)[C@]4(C(C)(C)O)C[C@H](OC(=O)[C@H](O)[C@H](CC(C)C)NC(=O)OC(C)(C)C)C(C)=C4[C@H](C)[C@H](O1)[C@]23C.CC1=C2[C@H](C)[C@H](O)[C@@]3(C)[C@H]([C@H](OC(=O)c4ccccc4)[C@]2(C(C)(C)O)C[C@@H]1OC(=O)[C@H](O)[C@H](CC(C)C)NC(=O)OC(C)(C)C)[C@]1(C)CO[C@@H]1C[C@@H]3O. The van der Waals surface area contributed by atoms with Crippen molar-refractivity contribution in [3.63, 3.8) is 0 Å². The molecule has 6 aliphatic carbocycles. The number of nitrogens with one attached hydrogen (secondary N) is 2. The Morgan fingerprint density at radius 2 is 0.965 bits per heavy atom. The van der Waals surface area contributed by atoms with Gasteiger partial charge >= 0.3 is 36.1 Å². The standard InChI is InChI=1S/C44H63NO11.C41H61NO11.C5H10O/c1-13-31-53-30-20-29-42(11,22-51-29)34-36(55-37(47)26-17-15-14-16-18-26)44(41(9,10)50)21-28(24(4)32(44)25(5)35(54-31)43(30,34)12)52-38(48)33(46)27(19-23(2)3)45-39(49)56-40(6,7)8;1-21(2)17-25(42-36(48)53-37(5,6)7)30(44)35(47)51-26-19-41(38(8,9)49)29(22(26)3)23(4)32(45)40(11)27(43)18-28-39(10,20-50-28)31(40)33(41)52-34(46)24-15-13-12-14-16-24;1-4-5(2)6-3/h13-18,23,25,27-31,33-36,46,50H,1,19-22H2,2-12H3,(H,45,49);12-16,21,23,25-28,30-33,43-45,49H,17-20H2,1-11H3,(H,42,48);4-5H,1H2,2-3H3/t25-,27-,28-,29+,30-,31?,33+,34+,35-,36-,42+,43+,44-;23-,25-,26-,27-,28+,30+,31+,32-,33-,39+,40+,41-;/m00./s1. The number of ether oxygens (including phenoxy) is 11. The lowest BCUT2D eigenvalue weighted by molar-refractivity contribution is -0.373. The molecule has 9 aliphatic rings. The van der Waals surface area contributed by atoms with Gasteiger partial charge in [-0.05, 0) is 167 Å². The summed E-state index contributed by atoms with van der Waals surface area (Å²) < 4.78 is 67.2. The Morgan fingerprint density at radius 1 is 0.574 bits per heavy atom. The van der Waals surface area contributed by atoms with Crippen LogP contribution in [-0.4, -0.2) is 207 Å². The van der Waals surface area contributed by atoms with Crippen LogP contribution in [0.5, 0.6) is 0 Å². The molecule has 3 heterocycles. The number of carbonyl (C=O) groups is 6. The molecular formula is C90H134N2O23. The Balaban J connectivity index is 0.000000246. The molecule has 25 nitrogen and oxygen atoms in total. The quantitative estimate of drug-likeness (QED) is 0.0327. The maximum atomic E-state index is 14.4. The van der Waals surface area contributed by atoms with Crippen LogP contribution in [0.3, 0.4) is 0 Å². The number of alkyl carbamates (subject to hydrolysis) is 2. The third-order valence-corrected chi connectivity index (χ3v) is 26.9. The summed E-state index contributed by atoms with van der Waals surface area (Å²) in [5.41, 5.74) is -7.42. The molecule has 25 heteroatoms. The predicted molar refractivity (Wildman–Crippen MR) is 429 cm³/mol. The van der Waals surface area contributed by atoms with E-state index in [4.69, 9.17) is 52.1 Å². The zero-order valence-corrected chi connectivity index (χ0v) is 72.3. The van der Waals surface area contributed by atoms with Crippen molar-refractivity contribution in [2.45, 2.75) is 318 Å². The van der Waals surface area contributed by atoms with E-state index in [0.717, 1.165) is 5.57 Å². The van der Waals surface area contributed by atoms with Crippen LogP contribution < -0.4 is 10.6 Å². The first-order valence-electron chi connectivity index (χ1n) is 41.0. The Morgan fingerprint density at radius 3 is 1.30 bits per heavy atom. The molecule has 2 aromatic rings. The normalized spacial score (nSPS) is 35.8. The molecule has 2 aromatic carbocycles. The van der Waals surface area contributed by atoms with E-state index in [0.29, 0.717) is 40.9 Å². The fourth-order valence-electron chi connectivity index (χ4n) is 21.4. The van der Waals surface area contributed by atoms with Crippen LogP contribution >= 0.6 is 0 Å². The first-order valence-corrected chi connectivity index (χ1v) is 41.0. The van der Waals surface area contributed by atoms with Crippen molar-refractivity contribution in [1.82, 2.24) is 10.6 Å². The summed E-state index contributed by atoms with van der Waals surface area (Å²) in [4.78, 5) is 82.1. The number of carbonyl (C=O) groups excluding carboxylic acids is 6. The summed E-state index contributed by atoms with van der Waals surface area (Å²) >= 11 is 0. The summed E-state index contributed by atoms with van der Waals surface area (Å²) in [5, 5.41) is 77.8. The van der Waals surface area contributed by atoms with Gasteiger partial charge in [0.15, 0.2) is 18.5 Å². The van der Waals surface area contributed by atoms with E-state index in [9.17, 15) is 59.4 Å². The number of methoxy groups -OCH3 is 1. The van der Waals surface area contributed by atoms with E-state index in [2.05, 4.69) is 44.6 Å². The lowest BCUT2D eigenvalue weighted by Crippen LogP contribution is -2.75. The number of aliphatic hydroxyl groups is 6. The first-order chi connectivity index (χ1) is 53.2. The van der Waals surface area contributed by atoms with E-state index < -0.39 is 182 Å². The van der Waals surface area contributed by atoms with Crippen molar-refractivity contribution in [1.29, 1.82) is 0 Å². The van der Waals surface area contributed by atoms with Crippen molar-refractivity contribution >= 4 is 36.1 Å². The van der Waals surface area contributed by atoms with Crippen molar-refractivity contribution in [3.05, 3.63) is 119 Å². The summed E-state index contributed by atoms with van der Waals surface area (Å²) in [6.45, 7) is 50.5. The molecule has 7 fully saturated rings. The molecule has 11 rings (SSSR count).